The molecule has 0 radical (unpaired) electrons. The Morgan fingerprint density at radius 2 is 1.66 bits per heavy atom. The molecule has 12 heteroatoms. The van der Waals surface area contributed by atoms with Crippen LogP contribution in [0, 0.1) is 18.6 Å². The van der Waals surface area contributed by atoms with E-state index in [1.165, 1.54) is 23.3 Å². The number of hydrogen-bond donors (Lipinski definition) is 4. The Labute approximate surface area is 239 Å². The monoisotopic (exact) mass is 583 g/mol. The topological polar surface area (TPSA) is 102 Å². The van der Waals surface area contributed by atoms with Crippen molar-refractivity contribution in [1.29, 1.82) is 0 Å². The summed E-state index contributed by atoms with van der Waals surface area (Å²) in [5, 5.41) is 7.43. The number of aryl methyl sites for hydroxylation is 1. The molecule has 0 amide bonds. The van der Waals surface area contributed by atoms with Crippen molar-refractivity contribution in [1.82, 2.24) is 29.7 Å². The van der Waals surface area contributed by atoms with Crippen molar-refractivity contribution in [2.75, 3.05) is 56.1 Å². The first-order valence-corrected chi connectivity index (χ1v) is 15.7. The zero-order valence-electron chi connectivity index (χ0n) is 23.0. The average molecular weight is 584 g/mol. The average Bonchev–Trinajstić information content (AvgIpc) is 3.37. The van der Waals surface area contributed by atoms with Gasteiger partial charge in [-0.05, 0) is 48.4 Å². The van der Waals surface area contributed by atoms with Gasteiger partial charge in [-0.25, -0.2) is 13.8 Å². The van der Waals surface area contributed by atoms with Gasteiger partial charge in [-0.2, -0.15) is 15.6 Å². The highest BCUT2D eigenvalue weighted by Gasteiger charge is 2.24. The summed E-state index contributed by atoms with van der Waals surface area (Å²) < 4.78 is 51.7. The number of benzene rings is 2. The minimum absolute atomic E-state index is 0.0310. The molecule has 0 aliphatic carbocycles. The van der Waals surface area contributed by atoms with Crippen molar-refractivity contribution in [3.8, 4) is 5.69 Å². The van der Waals surface area contributed by atoms with Crippen LogP contribution in [-0.2, 0) is 13.1 Å². The van der Waals surface area contributed by atoms with Gasteiger partial charge in [0.25, 0.3) is 0 Å². The van der Waals surface area contributed by atoms with Crippen molar-refractivity contribution in [3.05, 3.63) is 77.1 Å². The molecular weight excluding hydrogens is 548 g/mol. The molecule has 2 saturated heterocycles. The van der Waals surface area contributed by atoms with Gasteiger partial charge in [0, 0.05) is 81.4 Å². The third kappa shape index (κ3) is 6.37. The van der Waals surface area contributed by atoms with E-state index < -0.39 is 22.2 Å². The molecule has 4 aromatic rings. The van der Waals surface area contributed by atoms with Gasteiger partial charge in [0.1, 0.15) is 17.3 Å². The maximum atomic E-state index is 15.2. The predicted molar refractivity (Wildman–Crippen MR) is 159 cm³/mol. The fraction of sp³-hybridized carbons (Fsp3) is 0.379. The summed E-state index contributed by atoms with van der Waals surface area (Å²) in [6.45, 7) is 7.86. The molecule has 0 bridgehead atoms. The van der Waals surface area contributed by atoms with Gasteiger partial charge in [-0.1, -0.05) is 6.07 Å². The summed E-state index contributed by atoms with van der Waals surface area (Å²) in [4.78, 5) is 13.4. The summed E-state index contributed by atoms with van der Waals surface area (Å²) in [7, 11) is -2.57. The molecule has 0 spiro atoms. The number of piperazine rings is 1. The van der Waals surface area contributed by atoms with Gasteiger partial charge >= 0.3 is 0 Å². The Morgan fingerprint density at radius 1 is 0.951 bits per heavy atom. The summed E-state index contributed by atoms with van der Waals surface area (Å²) >= 11 is 0. The van der Waals surface area contributed by atoms with Gasteiger partial charge < -0.3 is 15.2 Å². The van der Waals surface area contributed by atoms with Gasteiger partial charge in [0.05, 0.1) is 17.2 Å². The van der Waals surface area contributed by atoms with E-state index in [0.29, 0.717) is 30.4 Å². The first kappa shape index (κ1) is 28.0. The van der Waals surface area contributed by atoms with Crippen LogP contribution in [-0.4, -0.2) is 84.2 Å². The molecule has 4 heterocycles. The third-order valence-corrected chi connectivity index (χ3v) is 9.56. The van der Waals surface area contributed by atoms with Crippen molar-refractivity contribution >= 4 is 33.3 Å². The highest BCUT2D eigenvalue weighted by molar-refractivity contribution is 8.24. The van der Waals surface area contributed by atoms with Gasteiger partial charge in [0.15, 0.2) is 0 Å². The van der Waals surface area contributed by atoms with E-state index in [1.54, 1.807) is 17.0 Å². The quantitative estimate of drug-likeness (QED) is 0.248. The molecule has 6 rings (SSSR count). The molecule has 4 N–H and O–H groups in total. The van der Waals surface area contributed by atoms with Crippen LogP contribution in [0.5, 0.6) is 0 Å². The third-order valence-electron chi connectivity index (χ3n) is 7.89. The van der Waals surface area contributed by atoms with Crippen LogP contribution < -0.4 is 10.6 Å². The molecule has 2 aromatic heterocycles. The highest BCUT2D eigenvalue weighted by atomic mass is 32.3. The normalized spacial score (nSPS) is 19.0. The number of nitrogens with one attached hydrogen (secondary N) is 2. The first-order chi connectivity index (χ1) is 19.7. The van der Waals surface area contributed by atoms with E-state index in [9.17, 15) is 9.11 Å². The number of nitrogens with zero attached hydrogens (tertiary/aromatic N) is 5. The molecule has 41 heavy (non-hydrogen) atoms. The Bertz CT molecular complexity index is 1520. The minimum atomic E-state index is -2.57. The molecule has 0 atom stereocenters. The van der Waals surface area contributed by atoms with Gasteiger partial charge in [0.2, 0.25) is 5.95 Å². The smallest absolute Gasteiger partial charge is 0.229 e. The van der Waals surface area contributed by atoms with Crippen LogP contribution >= 0.6 is 10.6 Å². The van der Waals surface area contributed by atoms with Crippen LogP contribution in [0.25, 0.3) is 16.7 Å². The molecule has 2 aliphatic heterocycles. The summed E-state index contributed by atoms with van der Waals surface area (Å²) in [6, 6.07) is 10.6. The maximum Gasteiger partial charge on any atom is 0.229 e. The van der Waals surface area contributed by atoms with E-state index >= 15 is 8.78 Å². The van der Waals surface area contributed by atoms with E-state index in [2.05, 4.69) is 44.6 Å². The fourth-order valence-electron chi connectivity index (χ4n) is 5.37. The SMILES string of the molecule is Cc1ccc(Nc2ncc3ccn(-c4cc(F)c(CN5CCS(O)(O)CC5)c(F)c4)c3n2)cc1CN1CCNCC1. The number of anilines is 2. The number of hydrogen-bond acceptors (Lipinski definition) is 8. The standard InChI is InChI=1S/C29H35F2N7O2S/c1-20-2-3-23(14-22(20)18-36-8-5-32-6-9-36)34-29-33-17-21-4-7-38(28(21)35-29)24-15-26(30)25(27(31)16-24)19-37-10-12-41(39,40)13-11-37/h2-4,7,14-17,32,39-40H,5-6,8-13,18-19H2,1H3,(H,33,34,35). The fourth-order valence-corrected chi connectivity index (χ4v) is 6.68. The van der Waals surface area contributed by atoms with Gasteiger partial charge in [-0.15, -0.1) is 0 Å². The molecule has 218 valence electrons. The Balaban J connectivity index is 1.22. The van der Waals surface area contributed by atoms with Crippen molar-refractivity contribution < 1.29 is 17.9 Å². The minimum Gasteiger partial charge on any atom is -0.324 e. The second-order valence-corrected chi connectivity index (χ2v) is 13.2. The zero-order valence-corrected chi connectivity index (χ0v) is 23.8. The lowest BCUT2D eigenvalue weighted by atomic mass is 10.1. The van der Waals surface area contributed by atoms with Crippen LogP contribution in [0.2, 0.25) is 0 Å². The molecular formula is C29H35F2N7O2S. The van der Waals surface area contributed by atoms with Crippen LogP contribution in [0.3, 0.4) is 0 Å². The lowest BCUT2D eigenvalue weighted by Crippen LogP contribution is -2.43. The predicted octanol–water partition coefficient (Wildman–Crippen LogP) is 4.72. The lowest BCUT2D eigenvalue weighted by Gasteiger charge is -2.41. The molecule has 0 unspecified atom stereocenters. The van der Waals surface area contributed by atoms with E-state index in [1.807, 2.05) is 17.0 Å². The van der Waals surface area contributed by atoms with Crippen molar-refractivity contribution in [2.24, 2.45) is 0 Å². The van der Waals surface area contributed by atoms with Gasteiger partial charge in [-0.3, -0.25) is 18.9 Å². The molecule has 2 aromatic carbocycles. The molecule has 2 fully saturated rings. The number of rotatable bonds is 7. The molecule has 2 aliphatic rings. The van der Waals surface area contributed by atoms with Crippen LogP contribution in [0.15, 0.2) is 48.8 Å². The van der Waals surface area contributed by atoms with E-state index in [4.69, 9.17) is 0 Å². The number of aromatic nitrogens is 3. The first-order valence-electron chi connectivity index (χ1n) is 13.8. The number of fused-ring (bicyclic) bond motifs is 1. The Morgan fingerprint density at radius 3 is 2.39 bits per heavy atom. The lowest BCUT2D eigenvalue weighted by molar-refractivity contribution is 0.233. The van der Waals surface area contributed by atoms with Crippen molar-refractivity contribution in [3.63, 3.8) is 0 Å². The highest BCUT2D eigenvalue weighted by Crippen LogP contribution is 2.40. The largest absolute Gasteiger partial charge is 0.324 e. The maximum absolute atomic E-state index is 15.2. The van der Waals surface area contributed by atoms with E-state index in [-0.39, 0.29) is 23.6 Å². The summed E-state index contributed by atoms with van der Waals surface area (Å²) in [5.41, 5.74) is 4.16. The molecule has 9 nitrogen and oxygen atoms in total. The van der Waals surface area contributed by atoms with E-state index in [0.717, 1.165) is 43.8 Å². The second kappa shape index (κ2) is 11.6. The Kier molecular flexibility index (Phi) is 7.94. The van der Waals surface area contributed by atoms with Crippen LogP contribution in [0.1, 0.15) is 16.7 Å². The summed E-state index contributed by atoms with van der Waals surface area (Å²) in [5.74, 6) is -0.464. The summed E-state index contributed by atoms with van der Waals surface area (Å²) in [6.07, 6.45) is 3.42. The molecule has 0 saturated carbocycles. The zero-order chi connectivity index (χ0) is 28.6. The second-order valence-electron chi connectivity index (χ2n) is 10.8. The number of halogens is 2. The van der Waals surface area contributed by atoms with Crippen LogP contribution in [0.4, 0.5) is 20.4 Å². The van der Waals surface area contributed by atoms with Crippen molar-refractivity contribution in [2.45, 2.75) is 20.0 Å². The Hall–Kier alpha value is -3.13.